The summed E-state index contributed by atoms with van der Waals surface area (Å²) in [5.41, 5.74) is 1.07. The fourth-order valence-corrected chi connectivity index (χ4v) is 1.90. The zero-order valence-corrected chi connectivity index (χ0v) is 9.39. The minimum Gasteiger partial charge on any atom is -0.309 e. The highest BCUT2D eigenvalue weighted by molar-refractivity contribution is 7.03. The normalized spacial score (nSPS) is 12.6. The molecule has 0 saturated heterocycles. The van der Waals surface area contributed by atoms with Crippen LogP contribution in [0.5, 0.6) is 0 Å². The van der Waals surface area contributed by atoms with Gasteiger partial charge in [0.25, 0.3) is 0 Å². The van der Waals surface area contributed by atoms with Gasteiger partial charge in [0.15, 0.2) is 0 Å². The van der Waals surface area contributed by atoms with E-state index in [-0.39, 0.29) is 0 Å². The van der Waals surface area contributed by atoms with Gasteiger partial charge >= 0.3 is 0 Å². The number of nitrogens with zero attached hydrogens (tertiary/aromatic N) is 2. The molecule has 1 aromatic rings. The topological polar surface area (TPSA) is 37.8 Å². The molecule has 0 saturated carbocycles. The van der Waals surface area contributed by atoms with E-state index in [4.69, 9.17) is 0 Å². The standard InChI is InChI=1S/C10H17N3S/c1-3-5-6-7-9(11-4-2)10-8-14-13-12-10/h3,8-9,11H,1,4-7H2,2H3. The third kappa shape index (κ3) is 3.55. The summed E-state index contributed by atoms with van der Waals surface area (Å²) in [4.78, 5) is 0. The molecule has 0 aromatic carbocycles. The largest absolute Gasteiger partial charge is 0.309 e. The van der Waals surface area contributed by atoms with Gasteiger partial charge in [0.2, 0.25) is 0 Å². The van der Waals surface area contributed by atoms with Crippen LogP contribution in [0.4, 0.5) is 0 Å². The van der Waals surface area contributed by atoms with Crippen LogP contribution in [0.2, 0.25) is 0 Å². The highest BCUT2D eigenvalue weighted by atomic mass is 32.1. The first-order chi connectivity index (χ1) is 6.88. The highest BCUT2D eigenvalue weighted by Gasteiger charge is 2.11. The van der Waals surface area contributed by atoms with Crippen LogP contribution in [0.25, 0.3) is 0 Å². The van der Waals surface area contributed by atoms with Gasteiger partial charge in [-0.25, -0.2) is 0 Å². The van der Waals surface area contributed by atoms with Crippen LogP contribution in [0, 0.1) is 0 Å². The van der Waals surface area contributed by atoms with Crippen molar-refractivity contribution in [1.29, 1.82) is 0 Å². The van der Waals surface area contributed by atoms with Crippen LogP contribution < -0.4 is 5.32 Å². The Hall–Kier alpha value is -0.740. The van der Waals surface area contributed by atoms with E-state index in [1.54, 1.807) is 0 Å². The van der Waals surface area contributed by atoms with Crippen molar-refractivity contribution < 1.29 is 0 Å². The quantitative estimate of drug-likeness (QED) is 0.556. The van der Waals surface area contributed by atoms with Crippen molar-refractivity contribution in [3.05, 3.63) is 23.7 Å². The van der Waals surface area contributed by atoms with Crippen LogP contribution in [0.15, 0.2) is 18.0 Å². The molecule has 0 fully saturated rings. The van der Waals surface area contributed by atoms with E-state index in [2.05, 4.69) is 28.4 Å². The molecule has 0 aliphatic carbocycles. The Morgan fingerprint density at radius 1 is 1.71 bits per heavy atom. The molecule has 0 amide bonds. The van der Waals surface area contributed by atoms with Gasteiger partial charge in [0.1, 0.15) is 0 Å². The summed E-state index contributed by atoms with van der Waals surface area (Å²) in [6, 6.07) is 0.360. The van der Waals surface area contributed by atoms with E-state index in [0.29, 0.717) is 6.04 Å². The van der Waals surface area contributed by atoms with E-state index in [1.165, 1.54) is 11.5 Å². The van der Waals surface area contributed by atoms with Crippen LogP contribution in [-0.2, 0) is 0 Å². The summed E-state index contributed by atoms with van der Waals surface area (Å²) in [5, 5.41) is 9.52. The van der Waals surface area contributed by atoms with E-state index < -0.39 is 0 Å². The van der Waals surface area contributed by atoms with E-state index in [0.717, 1.165) is 31.5 Å². The van der Waals surface area contributed by atoms with Gasteiger partial charge in [0, 0.05) is 5.38 Å². The number of nitrogens with one attached hydrogen (secondary N) is 1. The van der Waals surface area contributed by atoms with E-state index in [9.17, 15) is 0 Å². The molecule has 1 atom stereocenters. The van der Waals surface area contributed by atoms with Gasteiger partial charge in [-0.3, -0.25) is 0 Å². The van der Waals surface area contributed by atoms with Gasteiger partial charge in [-0.05, 0) is 37.3 Å². The number of aromatic nitrogens is 2. The molecule has 1 aromatic heterocycles. The van der Waals surface area contributed by atoms with Crippen molar-refractivity contribution in [2.45, 2.75) is 32.2 Å². The minimum absolute atomic E-state index is 0.360. The lowest BCUT2D eigenvalue weighted by molar-refractivity contribution is 0.489. The predicted octanol–water partition coefficient (Wildman–Crippen LogP) is 2.55. The second kappa shape index (κ2) is 6.68. The van der Waals surface area contributed by atoms with Crippen molar-refractivity contribution in [3.63, 3.8) is 0 Å². The van der Waals surface area contributed by atoms with Crippen LogP contribution >= 0.6 is 11.5 Å². The Morgan fingerprint density at radius 2 is 2.57 bits per heavy atom. The van der Waals surface area contributed by atoms with Gasteiger partial charge in [-0.2, -0.15) is 0 Å². The second-order valence-electron chi connectivity index (χ2n) is 3.16. The first-order valence-electron chi connectivity index (χ1n) is 4.99. The molecule has 0 spiro atoms. The molecule has 14 heavy (non-hydrogen) atoms. The van der Waals surface area contributed by atoms with Gasteiger partial charge in [-0.15, -0.1) is 11.7 Å². The number of hydrogen-bond acceptors (Lipinski definition) is 4. The average molecular weight is 211 g/mol. The van der Waals surface area contributed by atoms with Crippen molar-refractivity contribution >= 4 is 11.5 Å². The molecule has 0 aliphatic heterocycles. The van der Waals surface area contributed by atoms with Crippen LogP contribution in [0.1, 0.15) is 37.9 Å². The number of hydrogen-bond donors (Lipinski definition) is 1. The smallest absolute Gasteiger partial charge is 0.0924 e. The molecule has 78 valence electrons. The SMILES string of the molecule is C=CCCCC(NCC)c1csnn1. The molecule has 0 bridgehead atoms. The molecular formula is C10H17N3S. The maximum atomic E-state index is 4.09. The zero-order chi connectivity index (χ0) is 10.2. The number of rotatable bonds is 7. The van der Waals surface area contributed by atoms with Gasteiger partial charge < -0.3 is 5.32 Å². The molecule has 1 rings (SSSR count). The number of allylic oxidation sites excluding steroid dienone is 1. The summed E-state index contributed by atoms with van der Waals surface area (Å²) < 4.78 is 3.89. The Labute approximate surface area is 89.4 Å². The first-order valence-corrected chi connectivity index (χ1v) is 5.83. The first kappa shape index (κ1) is 11.3. The van der Waals surface area contributed by atoms with Crippen LogP contribution in [0.3, 0.4) is 0 Å². The average Bonchev–Trinajstić information content (AvgIpc) is 2.70. The third-order valence-electron chi connectivity index (χ3n) is 2.09. The highest BCUT2D eigenvalue weighted by Crippen LogP contribution is 2.17. The Morgan fingerprint density at radius 3 is 3.14 bits per heavy atom. The van der Waals surface area contributed by atoms with Crippen molar-refractivity contribution in [3.8, 4) is 0 Å². The minimum atomic E-state index is 0.360. The molecule has 3 nitrogen and oxygen atoms in total. The van der Waals surface area contributed by atoms with E-state index >= 15 is 0 Å². The van der Waals surface area contributed by atoms with Gasteiger partial charge in [0.05, 0.1) is 11.7 Å². The van der Waals surface area contributed by atoms with Crippen molar-refractivity contribution in [1.82, 2.24) is 14.9 Å². The monoisotopic (exact) mass is 211 g/mol. The second-order valence-corrected chi connectivity index (χ2v) is 3.77. The summed E-state index contributed by atoms with van der Waals surface area (Å²) in [7, 11) is 0. The lowest BCUT2D eigenvalue weighted by atomic mass is 10.1. The predicted molar refractivity (Wildman–Crippen MR) is 60.4 cm³/mol. The maximum Gasteiger partial charge on any atom is 0.0924 e. The summed E-state index contributed by atoms with van der Waals surface area (Å²) >= 11 is 1.41. The molecule has 4 heteroatoms. The summed E-state index contributed by atoms with van der Waals surface area (Å²) in [5.74, 6) is 0. The van der Waals surface area contributed by atoms with E-state index in [1.807, 2.05) is 11.5 Å². The lowest BCUT2D eigenvalue weighted by Gasteiger charge is -2.14. The van der Waals surface area contributed by atoms with Crippen molar-refractivity contribution in [2.75, 3.05) is 6.54 Å². The number of unbranched alkanes of at least 4 members (excludes halogenated alkanes) is 1. The molecule has 0 aliphatic rings. The lowest BCUT2D eigenvalue weighted by Crippen LogP contribution is -2.21. The molecule has 1 heterocycles. The molecule has 0 radical (unpaired) electrons. The van der Waals surface area contributed by atoms with Crippen molar-refractivity contribution in [2.24, 2.45) is 0 Å². The van der Waals surface area contributed by atoms with Gasteiger partial charge in [-0.1, -0.05) is 17.5 Å². The molecular weight excluding hydrogens is 194 g/mol. The summed E-state index contributed by atoms with van der Waals surface area (Å²) in [6.45, 7) is 6.80. The zero-order valence-electron chi connectivity index (χ0n) is 8.57. The third-order valence-corrected chi connectivity index (χ3v) is 2.61. The Bertz CT molecular complexity index is 246. The van der Waals surface area contributed by atoms with Crippen LogP contribution in [-0.4, -0.2) is 16.1 Å². The maximum absolute atomic E-state index is 4.09. The summed E-state index contributed by atoms with van der Waals surface area (Å²) in [6.07, 6.45) is 5.28. The molecule has 1 unspecified atom stereocenters. The Kier molecular flexibility index (Phi) is 5.40. The molecule has 1 N–H and O–H groups in total. The fraction of sp³-hybridized carbons (Fsp3) is 0.600. The fourth-order valence-electron chi connectivity index (χ4n) is 1.39. The Balaban J connectivity index is 2.43.